The first-order valence-corrected chi connectivity index (χ1v) is 6.55. The zero-order chi connectivity index (χ0) is 15.6. The molecular formula is C16H16N4O. The molecule has 0 atom stereocenters. The fourth-order valence-electron chi connectivity index (χ4n) is 2.32. The highest BCUT2D eigenvalue weighted by atomic mass is 16.5. The zero-order valence-electron chi connectivity index (χ0n) is 12.6. The molecule has 5 heteroatoms. The molecule has 0 radical (unpaired) electrons. The van der Waals surface area contributed by atoms with Crippen LogP contribution in [0.15, 0.2) is 12.1 Å². The molecule has 21 heavy (non-hydrogen) atoms. The van der Waals surface area contributed by atoms with Gasteiger partial charge in [-0.05, 0) is 51.0 Å². The van der Waals surface area contributed by atoms with Crippen molar-refractivity contribution in [1.82, 2.24) is 9.78 Å². The summed E-state index contributed by atoms with van der Waals surface area (Å²) in [5, 5.41) is 13.1. The molecule has 1 heterocycles. The van der Waals surface area contributed by atoms with Crippen molar-refractivity contribution in [2.45, 2.75) is 34.2 Å². The minimum Gasteiger partial charge on any atom is -0.454 e. The van der Waals surface area contributed by atoms with E-state index in [-0.39, 0.29) is 6.54 Å². The lowest BCUT2D eigenvalue weighted by atomic mass is 10.1. The van der Waals surface area contributed by atoms with Crippen molar-refractivity contribution in [3.8, 4) is 17.6 Å². The summed E-state index contributed by atoms with van der Waals surface area (Å²) < 4.78 is 7.56. The molecule has 2 aromatic rings. The minimum atomic E-state index is 0.199. The van der Waals surface area contributed by atoms with Crippen molar-refractivity contribution >= 4 is 5.69 Å². The smallest absolute Gasteiger partial charge is 0.193 e. The van der Waals surface area contributed by atoms with E-state index in [4.69, 9.17) is 16.6 Å². The van der Waals surface area contributed by atoms with Crippen LogP contribution in [0.2, 0.25) is 0 Å². The predicted octanol–water partition coefficient (Wildman–Crippen LogP) is 3.98. The molecule has 0 aliphatic heterocycles. The highest BCUT2D eigenvalue weighted by molar-refractivity contribution is 5.60. The number of nitriles is 1. The fourth-order valence-corrected chi connectivity index (χ4v) is 2.32. The molecule has 106 valence electrons. The SMILES string of the molecule is [C-]#[N+]c1c(C)cc(Oc2c(C)nn(CC#N)c2C)cc1C. The second-order valence-electron chi connectivity index (χ2n) is 4.94. The quantitative estimate of drug-likeness (QED) is 0.799. The summed E-state index contributed by atoms with van der Waals surface area (Å²) >= 11 is 0. The molecule has 0 bridgehead atoms. The number of ether oxygens (including phenoxy) is 1. The number of aryl methyl sites for hydroxylation is 3. The van der Waals surface area contributed by atoms with E-state index in [1.54, 1.807) is 4.68 Å². The van der Waals surface area contributed by atoms with Gasteiger partial charge in [0.05, 0.1) is 18.3 Å². The maximum atomic E-state index is 8.78. The lowest BCUT2D eigenvalue weighted by molar-refractivity contribution is 0.473. The topological polar surface area (TPSA) is 55.2 Å². The standard InChI is InChI=1S/C16H16N4O/c1-10-8-14(9-11(2)15(10)18-5)21-16-12(3)19-20(7-6-17)13(16)4/h8-9H,7H2,1-4H3. The molecule has 0 fully saturated rings. The van der Waals surface area contributed by atoms with Crippen LogP contribution in [-0.2, 0) is 6.54 Å². The molecule has 0 aliphatic carbocycles. The number of benzene rings is 1. The van der Waals surface area contributed by atoms with Crippen LogP contribution in [0.3, 0.4) is 0 Å². The number of rotatable bonds is 3. The molecule has 0 N–H and O–H groups in total. The van der Waals surface area contributed by atoms with Crippen LogP contribution in [0.1, 0.15) is 22.5 Å². The van der Waals surface area contributed by atoms with Crippen LogP contribution < -0.4 is 4.74 Å². The third-order valence-corrected chi connectivity index (χ3v) is 3.33. The summed E-state index contributed by atoms with van der Waals surface area (Å²) in [6, 6.07) is 5.77. The van der Waals surface area contributed by atoms with E-state index in [9.17, 15) is 0 Å². The molecule has 5 nitrogen and oxygen atoms in total. The highest BCUT2D eigenvalue weighted by Crippen LogP contribution is 2.33. The van der Waals surface area contributed by atoms with Gasteiger partial charge in [-0.1, -0.05) is 0 Å². The summed E-state index contributed by atoms with van der Waals surface area (Å²) in [6.07, 6.45) is 0. The maximum Gasteiger partial charge on any atom is 0.193 e. The Bertz CT molecular complexity index is 752. The molecule has 1 aromatic carbocycles. The van der Waals surface area contributed by atoms with Crippen molar-refractivity contribution in [1.29, 1.82) is 5.26 Å². The van der Waals surface area contributed by atoms with Crippen LogP contribution in [0.4, 0.5) is 5.69 Å². The largest absolute Gasteiger partial charge is 0.454 e. The van der Waals surface area contributed by atoms with Crippen molar-refractivity contribution in [2.75, 3.05) is 0 Å². The lowest BCUT2D eigenvalue weighted by Gasteiger charge is -2.10. The van der Waals surface area contributed by atoms with E-state index >= 15 is 0 Å². The first-order valence-electron chi connectivity index (χ1n) is 6.55. The summed E-state index contributed by atoms with van der Waals surface area (Å²) in [6.45, 7) is 14.9. The van der Waals surface area contributed by atoms with E-state index < -0.39 is 0 Å². The van der Waals surface area contributed by atoms with Gasteiger partial charge in [-0.15, -0.1) is 0 Å². The first kappa shape index (κ1) is 14.6. The van der Waals surface area contributed by atoms with Crippen LogP contribution in [0.5, 0.6) is 11.5 Å². The van der Waals surface area contributed by atoms with Gasteiger partial charge in [0.25, 0.3) is 0 Å². The second-order valence-corrected chi connectivity index (χ2v) is 4.94. The third kappa shape index (κ3) is 2.73. The number of hydrogen-bond acceptors (Lipinski definition) is 3. The third-order valence-electron chi connectivity index (χ3n) is 3.33. The van der Waals surface area contributed by atoms with Gasteiger partial charge in [-0.25, -0.2) is 4.85 Å². The van der Waals surface area contributed by atoms with E-state index in [1.807, 2.05) is 39.8 Å². The van der Waals surface area contributed by atoms with E-state index in [0.29, 0.717) is 17.2 Å². The van der Waals surface area contributed by atoms with Crippen molar-refractivity contribution in [2.24, 2.45) is 0 Å². The first-order chi connectivity index (χ1) is 9.97. The van der Waals surface area contributed by atoms with Crippen molar-refractivity contribution in [3.63, 3.8) is 0 Å². The Morgan fingerprint density at radius 1 is 1.29 bits per heavy atom. The molecule has 0 spiro atoms. The van der Waals surface area contributed by atoms with Crippen molar-refractivity contribution < 1.29 is 4.74 Å². The Balaban J connectivity index is 2.40. The molecule has 0 saturated heterocycles. The van der Waals surface area contributed by atoms with Gasteiger partial charge in [0, 0.05) is 0 Å². The molecule has 0 aliphatic rings. The molecule has 0 unspecified atom stereocenters. The maximum absolute atomic E-state index is 8.78. The number of hydrogen-bond donors (Lipinski definition) is 0. The molecule has 0 amide bonds. The Labute approximate surface area is 124 Å². The van der Waals surface area contributed by atoms with Gasteiger partial charge in [0.2, 0.25) is 0 Å². The molecule has 2 rings (SSSR count). The second kappa shape index (κ2) is 5.68. The van der Waals surface area contributed by atoms with Crippen molar-refractivity contribution in [3.05, 3.63) is 46.1 Å². The highest BCUT2D eigenvalue weighted by Gasteiger charge is 2.14. The van der Waals surface area contributed by atoms with Gasteiger partial charge in [0.15, 0.2) is 11.4 Å². The summed E-state index contributed by atoms with van der Waals surface area (Å²) in [7, 11) is 0. The fraction of sp³-hybridized carbons (Fsp3) is 0.312. The van der Waals surface area contributed by atoms with E-state index in [0.717, 1.165) is 22.5 Å². The van der Waals surface area contributed by atoms with Crippen LogP contribution in [0.25, 0.3) is 4.85 Å². The Kier molecular flexibility index (Phi) is 3.95. The van der Waals surface area contributed by atoms with E-state index in [1.165, 1.54) is 0 Å². The Hall–Kier alpha value is -2.79. The average Bonchev–Trinajstić information content (AvgIpc) is 2.67. The number of aromatic nitrogens is 2. The molecule has 0 saturated carbocycles. The summed E-state index contributed by atoms with van der Waals surface area (Å²) in [5.74, 6) is 1.35. The Morgan fingerprint density at radius 3 is 2.43 bits per heavy atom. The summed E-state index contributed by atoms with van der Waals surface area (Å²) in [4.78, 5) is 3.52. The lowest BCUT2D eigenvalue weighted by Crippen LogP contribution is -2.00. The van der Waals surface area contributed by atoms with Gasteiger partial charge in [-0.3, -0.25) is 4.68 Å². The van der Waals surface area contributed by atoms with Gasteiger partial charge in [0.1, 0.15) is 18.0 Å². The van der Waals surface area contributed by atoms with Gasteiger partial charge in [-0.2, -0.15) is 10.4 Å². The monoisotopic (exact) mass is 280 g/mol. The normalized spacial score (nSPS) is 10.0. The van der Waals surface area contributed by atoms with Crippen LogP contribution in [0, 0.1) is 45.6 Å². The number of nitrogens with zero attached hydrogens (tertiary/aromatic N) is 4. The van der Waals surface area contributed by atoms with Gasteiger partial charge >= 0.3 is 0 Å². The molecule has 1 aromatic heterocycles. The zero-order valence-corrected chi connectivity index (χ0v) is 12.6. The minimum absolute atomic E-state index is 0.199. The predicted molar refractivity (Wildman–Crippen MR) is 79.6 cm³/mol. The van der Waals surface area contributed by atoms with Crippen LogP contribution in [-0.4, -0.2) is 9.78 Å². The average molecular weight is 280 g/mol. The van der Waals surface area contributed by atoms with Crippen LogP contribution >= 0.6 is 0 Å². The molecular weight excluding hydrogens is 264 g/mol. The Morgan fingerprint density at radius 2 is 1.90 bits per heavy atom. The summed E-state index contributed by atoms with van der Waals surface area (Å²) in [5.41, 5.74) is 4.00. The van der Waals surface area contributed by atoms with E-state index in [2.05, 4.69) is 16.0 Å². The van der Waals surface area contributed by atoms with Gasteiger partial charge < -0.3 is 4.74 Å².